The van der Waals surface area contributed by atoms with Gasteiger partial charge in [0.2, 0.25) is 15.9 Å². The minimum absolute atomic E-state index is 0.0664. The van der Waals surface area contributed by atoms with Gasteiger partial charge >= 0.3 is 5.97 Å². The van der Waals surface area contributed by atoms with Crippen molar-refractivity contribution in [2.75, 3.05) is 23.0 Å². The SMILES string of the molecule is COc1ccc(N([C@@H](C)C(=O)Nc2ccc(C(=O)O)cc2)S(C)(=O)=O)cc1Cl. The van der Waals surface area contributed by atoms with Gasteiger partial charge in [-0.15, -0.1) is 0 Å². The van der Waals surface area contributed by atoms with Crippen LogP contribution in [0.5, 0.6) is 5.75 Å². The number of amides is 1. The zero-order valence-corrected chi connectivity index (χ0v) is 16.9. The molecule has 2 N–H and O–H groups in total. The van der Waals surface area contributed by atoms with E-state index in [0.29, 0.717) is 11.4 Å². The van der Waals surface area contributed by atoms with Crippen LogP contribution in [0.4, 0.5) is 11.4 Å². The topological polar surface area (TPSA) is 113 Å². The summed E-state index contributed by atoms with van der Waals surface area (Å²) >= 11 is 6.08. The van der Waals surface area contributed by atoms with E-state index in [4.69, 9.17) is 21.4 Å². The van der Waals surface area contributed by atoms with E-state index in [2.05, 4.69) is 5.32 Å². The molecule has 150 valence electrons. The summed E-state index contributed by atoms with van der Waals surface area (Å²) in [7, 11) is -2.38. The highest BCUT2D eigenvalue weighted by Gasteiger charge is 2.29. The minimum Gasteiger partial charge on any atom is -0.495 e. The van der Waals surface area contributed by atoms with Gasteiger partial charge in [0.25, 0.3) is 0 Å². The predicted octanol–water partition coefficient (Wildman–Crippen LogP) is 2.84. The summed E-state index contributed by atoms with van der Waals surface area (Å²) in [5.74, 6) is -1.32. The first-order valence-electron chi connectivity index (χ1n) is 8.01. The molecular weight excluding hydrogens is 408 g/mol. The predicted molar refractivity (Wildman–Crippen MR) is 107 cm³/mol. The number of hydrogen-bond donors (Lipinski definition) is 2. The van der Waals surface area contributed by atoms with Gasteiger partial charge in [0, 0.05) is 5.69 Å². The van der Waals surface area contributed by atoms with Crippen LogP contribution < -0.4 is 14.4 Å². The average molecular weight is 427 g/mol. The Labute approximate surface area is 167 Å². The number of aromatic carboxylic acids is 1. The Morgan fingerprint density at radius 1 is 1.18 bits per heavy atom. The second kappa shape index (κ2) is 8.49. The maximum absolute atomic E-state index is 12.6. The highest BCUT2D eigenvalue weighted by atomic mass is 35.5. The number of carboxylic acids is 1. The Morgan fingerprint density at radius 2 is 1.79 bits per heavy atom. The first-order valence-corrected chi connectivity index (χ1v) is 10.2. The molecule has 0 aliphatic rings. The van der Waals surface area contributed by atoms with Crippen molar-refractivity contribution in [2.24, 2.45) is 0 Å². The van der Waals surface area contributed by atoms with Gasteiger partial charge in [-0.05, 0) is 49.4 Å². The fourth-order valence-corrected chi connectivity index (χ4v) is 3.96. The maximum Gasteiger partial charge on any atom is 0.335 e. The van der Waals surface area contributed by atoms with Crippen LogP contribution in [0.1, 0.15) is 17.3 Å². The molecule has 0 saturated heterocycles. The molecule has 8 nitrogen and oxygen atoms in total. The Kier molecular flexibility index (Phi) is 6.52. The van der Waals surface area contributed by atoms with Crippen LogP contribution in [0.2, 0.25) is 5.02 Å². The minimum atomic E-state index is -3.81. The summed E-state index contributed by atoms with van der Waals surface area (Å²) in [4.78, 5) is 23.5. The van der Waals surface area contributed by atoms with Crippen LogP contribution in [0.25, 0.3) is 0 Å². The lowest BCUT2D eigenvalue weighted by molar-refractivity contribution is -0.116. The number of carboxylic acid groups (broad SMARTS) is 1. The third kappa shape index (κ3) is 4.93. The van der Waals surface area contributed by atoms with Gasteiger partial charge in [0.1, 0.15) is 11.8 Å². The van der Waals surface area contributed by atoms with Crippen LogP contribution in [0, 0.1) is 0 Å². The molecule has 28 heavy (non-hydrogen) atoms. The second-order valence-corrected chi connectivity index (χ2v) is 8.19. The summed E-state index contributed by atoms with van der Waals surface area (Å²) < 4.78 is 30.6. The molecule has 0 heterocycles. The first kappa shape index (κ1) is 21.5. The van der Waals surface area contributed by atoms with Crippen molar-refractivity contribution in [3.05, 3.63) is 53.1 Å². The Balaban J connectivity index is 2.30. The molecule has 2 rings (SSSR count). The lowest BCUT2D eigenvalue weighted by Gasteiger charge is -2.28. The Morgan fingerprint density at radius 3 is 2.25 bits per heavy atom. The number of hydrogen-bond acceptors (Lipinski definition) is 5. The molecule has 0 aromatic heterocycles. The highest BCUT2D eigenvalue weighted by Crippen LogP contribution is 2.31. The number of halogens is 1. The summed E-state index contributed by atoms with van der Waals surface area (Å²) in [6, 6.07) is 8.79. The molecule has 2 aromatic carbocycles. The fraction of sp³-hybridized carbons (Fsp3) is 0.222. The number of benzene rings is 2. The quantitative estimate of drug-likeness (QED) is 0.703. The molecule has 0 bridgehead atoms. The average Bonchev–Trinajstić information content (AvgIpc) is 2.61. The van der Waals surface area contributed by atoms with E-state index < -0.39 is 27.9 Å². The normalized spacial score (nSPS) is 12.1. The summed E-state index contributed by atoms with van der Waals surface area (Å²) in [6.07, 6.45) is 0.983. The van der Waals surface area contributed by atoms with Crippen molar-refractivity contribution in [1.82, 2.24) is 0 Å². The van der Waals surface area contributed by atoms with Gasteiger partial charge in [-0.1, -0.05) is 11.6 Å². The zero-order chi connectivity index (χ0) is 21.1. The van der Waals surface area contributed by atoms with Crippen molar-refractivity contribution in [2.45, 2.75) is 13.0 Å². The fourth-order valence-electron chi connectivity index (χ4n) is 2.54. The number of carbonyl (C=O) groups excluding carboxylic acids is 1. The first-order chi connectivity index (χ1) is 13.0. The number of carbonyl (C=O) groups is 2. The lowest BCUT2D eigenvalue weighted by Crippen LogP contribution is -2.45. The van der Waals surface area contributed by atoms with Gasteiger partial charge in [-0.2, -0.15) is 0 Å². The number of ether oxygens (including phenoxy) is 1. The van der Waals surface area contributed by atoms with Crippen LogP contribution >= 0.6 is 11.6 Å². The van der Waals surface area contributed by atoms with Gasteiger partial charge < -0.3 is 15.2 Å². The summed E-state index contributed by atoms with van der Waals surface area (Å²) in [6.45, 7) is 1.43. The number of rotatable bonds is 7. The van der Waals surface area contributed by atoms with Crippen molar-refractivity contribution in [3.63, 3.8) is 0 Å². The third-order valence-corrected chi connectivity index (χ3v) is 5.41. The van der Waals surface area contributed by atoms with E-state index in [1.54, 1.807) is 0 Å². The Bertz CT molecular complexity index is 992. The van der Waals surface area contributed by atoms with E-state index in [-0.39, 0.29) is 16.3 Å². The molecule has 10 heteroatoms. The third-order valence-electron chi connectivity index (χ3n) is 3.88. The molecule has 0 aliphatic carbocycles. The molecule has 0 unspecified atom stereocenters. The van der Waals surface area contributed by atoms with Crippen LogP contribution in [-0.4, -0.2) is 44.8 Å². The second-order valence-electron chi connectivity index (χ2n) is 5.93. The van der Waals surface area contributed by atoms with Crippen molar-refractivity contribution in [1.29, 1.82) is 0 Å². The summed E-state index contributed by atoms with van der Waals surface area (Å²) in [5.41, 5.74) is 0.608. The number of anilines is 2. The molecule has 0 radical (unpaired) electrons. The highest BCUT2D eigenvalue weighted by molar-refractivity contribution is 7.92. The molecule has 0 fully saturated rings. The van der Waals surface area contributed by atoms with Crippen LogP contribution in [-0.2, 0) is 14.8 Å². The van der Waals surface area contributed by atoms with Gasteiger partial charge in [-0.3, -0.25) is 9.10 Å². The molecule has 1 atom stereocenters. The molecule has 1 amide bonds. The number of sulfonamides is 1. The summed E-state index contributed by atoms with van der Waals surface area (Å²) in [5, 5.41) is 11.7. The maximum atomic E-state index is 12.6. The Hall–Kier alpha value is -2.78. The monoisotopic (exact) mass is 426 g/mol. The largest absolute Gasteiger partial charge is 0.495 e. The van der Waals surface area contributed by atoms with Crippen LogP contribution in [0.15, 0.2) is 42.5 Å². The standard InChI is InChI=1S/C18H19ClN2O6S/c1-11(17(22)20-13-6-4-12(5-7-13)18(23)24)21(28(3,25)26)14-8-9-16(27-2)15(19)10-14/h4-11H,1-3H3,(H,20,22)(H,23,24)/t11-/m0/s1. The zero-order valence-electron chi connectivity index (χ0n) is 15.3. The van der Waals surface area contributed by atoms with E-state index in [1.165, 1.54) is 56.5 Å². The molecular formula is C18H19ClN2O6S. The van der Waals surface area contributed by atoms with Crippen molar-refractivity contribution >= 4 is 44.9 Å². The van der Waals surface area contributed by atoms with Gasteiger partial charge in [0.05, 0.1) is 29.6 Å². The van der Waals surface area contributed by atoms with Crippen LogP contribution in [0.3, 0.4) is 0 Å². The van der Waals surface area contributed by atoms with Gasteiger partial charge in [0.15, 0.2) is 0 Å². The molecule has 0 saturated carbocycles. The molecule has 2 aromatic rings. The lowest BCUT2D eigenvalue weighted by atomic mass is 10.2. The van der Waals surface area contributed by atoms with E-state index >= 15 is 0 Å². The van der Waals surface area contributed by atoms with Gasteiger partial charge in [-0.25, -0.2) is 13.2 Å². The van der Waals surface area contributed by atoms with E-state index in [9.17, 15) is 18.0 Å². The smallest absolute Gasteiger partial charge is 0.335 e. The molecule has 0 aliphatic heterocycles. The van der Waals surface area contributed by atoms with E-state index in [0.717, 1.165) is 10.6 Å². The van der Waals surface area contributed by atoms with Crippen molar-refractivity contribution in [3.8, 4) is 5.75 Å². The molecule has 0 spiro atoms. The number of nitrogens with zero attached hydrogens (tertiary/aromatic N) is 1. The van der Waals surface area contributed by atoms with E-state index in [1.807, 2.05) is 0 Å². The van der Waals surface area contributed by atoms with Crippen molar-refractivity contribution < 1.29 is 27.9 Å². The number of nitrogens with one attached hydrogen (secondary N) is 1. The number of methoxy groups -OCH3 is 1.